The first kappa shape index (κ1) is 18.2. The molecule has 1 saturated heterocycles. The van der Waals surface area contributed by atoms with Crippen LogP contribution in [0, 0.1) is 12.8 Å². The molecule has 2 rings (SSSR count). The van der Waals surface area contributed by atoms with E-state index in [-0.39, 0.29) is 12.4 Å². The van der Waals surface area contributed by atoms with Gasteiger partial charge in [-0.05, 0) is 51.9 Å². The molecule has 0 spiro atoms. The average Bonchev–Trinajstić information content (AvgIpc) is 2.46. The summed E-state index contributed by atoms with van der Waals surface area (Å²) >= 11 is 0. The second kappa shape index (κ2) is 9.23. The third kappa shape index (κ3) is 5.81. The molecule has 0 unspecified atom stereocenters. The summed E-state index contributed by atoms with van der Waals surface area (Å²) in [6.07, 6.45) is 2.58. The van der Waals surface area contributed by atoms with Crippen LogP contribution < -0.4 is 10.1 Å². The van der Waals surface area contributed by atoms with Crippen molar-refractivity contribution in [3.63, 3.8) is 0 Å². The highest BCUT2D eigenvalue weighted by Crippen LogP contribution is 2.20. The fourth-order valence-electron chi connectivity index (χ4n) is 2.83. The Balaban J connectivity index is 0.00000220. The monoisotopic (exact) mass is 313 g/mol. The van der Waals surface area contributed by atoms with E-state index in [1.807, 2.05) is 13.0 Å². The number of ether oxygens (including phenoxy) is 1. The minimum absolute atomic E-state index is 0. The van der Waals surface area contributed by atoms with Gasteiger partial charge in [0.05, 0.1) is 12.8 Å². The lowest BCUT2D eigenvalue weighted by Gasteiger charge is -2.31. The van der Waals surface area contributed by atoms with Crippen LogP contribution in [0.15, 0.2) is 12.1 Å². The summed E-state index contributed by atoms with van der Waals surface area (Å²) in [5, 5.41) is 3.46. The topological polar surface area (TPSA) is 37.4 Å². The number of likely N-dealkylation sites (tertiary alicyclic amines) is 1. The molecular formula is C16H28ClN3O. The minimum atomic E-state index is 0. The van der Waals surface area contributed by atoms with Crippen LogP contribution in [0.25, 0.3) is 0 Å². The Morgan fingerprint density at radius 2 is 2.05 bits per heavy atom. The van der Waals surface area contributed by atoms with E-state index in [1.54, 1.807) is 7.11 Å². The van der Waals surface area contributed by atoms with Gasteiger partial charge in [-0.2, -0.15) is 0 Å². The molecule has 0 aliphatic carbocycles. The van der Waals surface area contributed by atoms with Crippen molar-refractivity contribution in [2.45, 2.75) is 33.2 Å². The molecular weight excluding hydrogens is 286 g/mol. The van der Waals surface area contributed by atoms with Crippen LogP contribution in [0.2, 0.25) is 0 Å². The lowest BCUT2D eigenvalue weighted by Crippen LogP contribution is -2.37. The zero-order valence-corrected chi connectivity index (χ0v) is 14.2. The van der Waals surface area contributed by atoms with Gasteiger partial charge in [0, 0.05) is 24.4 Å². The molecule has 0 amide bonds. The molecule has 1 aromatic rings. The van der Waals surface area contributed by atoms with Crippen molar-refractivity contribution in [3.05, 3.63) is 23.5 Å². The van der Waals surface area contributed by atoms with Crippen molar-refractivity contribution in [1.82, 2.24) is 15.2 Å². The summed E-state index contributed by atoms with van der Waals surface area (Å²) in [5.41, 5.74) is 2.15. The number of aromatic nitrogens is 1. The molecule has 1 fully saturated rings. The lowest BCUT2D eigenvalue weighted by molar-refractivity contribution is 0.174. The molecule has 2 heterocycles. The summed E-state index contributed by atoms with van der Waals surface area (Å²) in [6.45, 7) is 9.72. The second-order valence-electron chi connectivity index (χ2n) is 5.67. The van der Waals surface area contributed by atoms with Crippen LogP contribution in [-0.4, -0.2) is 43.2 Å². The van der Waals surface area contributed by atoms with Crippen LogP contribution in [0.4, 0.5) is 0 Å². The maximum atomic E-state index is 5.32. The molecule has 0 radical (unpaired) electrons. The van der Waals surface area contributed by atoms with E-state index >= 15 is 0 Å². The SMILES string of the molecule is CCNCC1CCN(Cc2cc(OC)cc(C)n2)CC1.Cl. The number of piperidine rings is 1. The zero-order valence-electron chi connectivity index (χ0n) is 13.4. The van der Waals surface area contributed by atoms with Crippen molar-refractivity contribution < 1.29 is 4.74 Å². The highest BCUT2D eigenvalue weighted by Gasteiger charge is 2.19. The van der Waals surface area contributed by atoms with E-state index < -0.39 is 0 Å². The molecule has 0 aromatic carbocycles. The second-order valence-corrected chi connectivity index (χ2v) is 5.67. The minimum Gasteiger partial charge on any atom is -0.497 e. The highest BCUT2D eigenvalue weighted by atomic mass is 35.5. The van der Waals surface area contributed by atoms with Crippen molar-refractivity contribution >= 4 is 12.4 Å². The summed E-state index contributed by atoms with van der Waals surface area (Å²) in [7, 11) is 1.71. The van der Waals surface area contributed by atoms with E-state index in [1.165, 1.54) is 32.5 Å². The van der Waals surface area contributed by atoms with Crippen LogP contribution in [0.1, 0.15) is 31.2 Å². The molecule has 0 atom stereocenters. The van der Waals surface area contributed by atoms with Crippen LogP contribution in [0.3, 0.4) is 0 Å². The number of hydrogen-bond acceptors (Lipinski definition) is 4. The standard InChI is InChI=1S/C16H27N3O.ClH/c1-4-17-11-14-5-7-19(8-6-14)12-15-10-16(20-3)9-13(2)18-15;/h9-10,14,17H,4-8,11-12H2,1-3H3;1H. The maximum absolute atomic E-state index is 5.32. The van der Waals surface area contributed by atoms with Crippen molar-refractivity contribution in [3.8, 4) is 5.75 Å². The highest BCUT2D eigenvalue weighted by molar-refractivity contribution is 5.85. The Morgan fingerprint density at radius 3 is 2.67 bits per heavy atom. The van der Waals surface area contributed by atoms with Crippen molar-refractivity contribution in [2.75, 3.05) is 33.3 Å². The van der Waals surface area contributed by atoms with Crippen LogP contribution in [0.5, 0.6) is 5.75 Å². The molecule has 0 saturated carbocycles. The van der Waals surface area contributed by atoms with Gasteiger partial charge >= 0.3 is 0 Å². The van der Waals surface area contributed by atoms with Gasteiger partial charge in [-0.25, -0.2) is 0 Å². The molecule has 1 aliphatic heterocycles. The van der Waals surface area contributed by atoms with Gasteiger partial charge < -0.3 is 10.1 Å². The molecule has 1 aromatic heterocycles. The fourth-order valence-corrected chi connectivity index (χ4v) is 2.83. The van der Waals surface area contributed by atoms with Gasteiger partial charge in [0.15, 0.2) is 0 Å². The first-order valence-electron chi connectivity index (χ1n) is 7.66. The van der Waals surface area contributed by atoms with E-state index in [4.69, 9.17) is 4.74 Å². The van der Waals surface area contributed by atoms with Crippen LogP contribution >= 0.6 is 12.4 Å². The van der Waals surface area contributed by atoms with Gasteiger partial charge in [-0.15, -0.1) is 12.4 Å². The third-order valence-corrected chi connectivity index (χ3v) is 3.99. The number of aryl methyl sites for hydroxylation is 1. The zero-order chi connectivity index (χ0) is 14.4. The first-order chi connectivity index (χ1) is 9.71. The third-order valence-electron chi connectivity index (χ3n) is 3.99. The van der Waals surface area contributed by atoms with Gasteiger partial charge in [0.25, 0.3) is 0 Å². The first-order valence-corrected chi connectivity index (χ1v) is 7.66. The van der Waals surface area contributed by atoms with E-state index in [9.17, 15) is 0 Å². The van der Waals surface area contributed by atoms with Crippen molar-refractivity contribution in [1.29, 1.82) is 0 Å². The van der Waals surface area contributed by atoms with Gasteiger partial charge in [-0.3, -0.25) is 9.88 Å². The molecule has 4 nitrogen and oxygen atoms in total. The normalized spacial score (nSPS) is 16.5. The number of nitrogens with one attached hydrogen (secondary N) is 1. The largest absolute Gasteiger partial charge is 0.497 e. The predicted molar refractivity (Wildman–Crippen MR) is 89.3 cm³/mol. The molecule has 1 N–H and O–H groups in total. The van der Waals surface area contributed by atoms with Crippen molar-refractivity contribution in [2.24, 2.45) is 5.92 Å². The summed E-state index contributed by atoms with van der Waals surface area (Å²) in [5.74, 6) is 1.75. The summed E-state index contributed by atoms with van der Waals surface area (Å²) in [6, 6.07) is 4.03. The Hall–Kier alpha value is -0.840. The maximum Gasteiger partial charge on any atom is 0.122 e. The lowest BCUT2D eigenvalue weighted by atomic mass is 9.96. The number of nitrogens with zero attached hydrogens (tertiary/aromatic N) is 2. The number of rotatable bonds is 6. The molecule has 5 heteroatoms. The molecule has 21 heavy (non-hydrogen) atoms. The van der Waals surface area contributed by atoms with Gasteiger partial charge in [-0.1, -0.05) is 6.92 Å². The number of pyridine rings is 1. The Kier molecular flexibility index (Phi) is 8.01. The van der Waals surface area contributed by atoms with E-state index in [0.29, 0.717) is 0 Å². The molecule has 0 bridgehead atoms. The molecule has 1 aliphatic rings. The van der Waals surface area contributed by atoms with Gasteiger partial charge in [0.2, 0.25) is 0 Å². The number of methoxy groups -OCH3 is 1. The number of halogens is 1. The Labute approximate surface area is 134 Å². The quantitative estimate of drug-likeness (QED) is 0.876. The van der Waals surface area contributed by atoms with E-state index in [2.05, 4.69) is 28.2 Å². The Bertz CT molecular complexity index is 420. The average molecular weight is 314 g/mol. The number of hydrogen-bond donors (Lipinski definition) is 1. The summed E-state index contributed by atoms with van der Waals surface area (Å²) in [4.78, 5) is 7.11. The summed E-state index contributed by atoms with van der Waals surface area (Å²) < 4.78 is 5.32. The molecule has 120 valence electrons. The smallest absolute Gasteiger partial charge is 0.122 e. The van der Waals surface area contributed by atoms with Crippen LogP contribution in [-0.2, 0) is 6.54 Å². The predicted octanol–water partition coefficient (Wildman–Crippen LogP) is 2.64. The fraction of sp³-hybridized carbons (Fsp3) is 0.688. The Morgan fingerprint density at radius 1 is 1.33 bits per heavy atom. The van der Waals surface area contributed by atoms with Gasteiger partial charge in [0.1, 0.15) is 5.75 Å². The van der Waals surface area contributed by atoms with E-state index in [0.717, 1.165) is 36.1 Å².